The lowest BCUT2D eigenvalue weighted by atomic mass is 10.2. The van der Waals surface area contributed by atoms with E-state index in [1.54, 1.807) is 19.1 Å². The quantitative estimate of drug-likeness (QED) is 0.497. The second-order valence-electron chi connectivity index (χ2n) is 5.13. The topological polar surface area (TPSA) is 75.6 Å². The van der Waals surface area contributed by atoms with Crippen molar-refractivity contribution in [1.82, 2.24) is 0 Å². The highest BCUT2D eigenvalue weighted by molar-refractivity contribution is 8.08. The van der Waals surface area contributed by atoms with Crippen LogP contribution in [0.1, 0.15) is 18.9 Å². The minimum atomic E-state index is -4.03. The van der Waals surface area contributed by atoms with E-state index in [1.165, 1.54) is 24.3 Å². The van der Waals surface area contributed by atoms with Gasteiger partial charge in [0.25, 0.3) is 0 Å². The normalized spacial score (nSPS) is 12.0. The minimum Gasteiger partial charge on any atom is -0.292 e. The Kier molecular flexibility index (Phi) is 5.75. The monoisotopic (exact) mass is 364 g/mol. The van der Waals surface area contributed by atoms with Crippen LogP contribution in [0.3, 0.4) is 0 Å². The molecule has 0 radical (unpaired) electrons. The molecule has 0 aliphatic heterocycles. The number of halogens is 1. The third-order valence-electron chi connectivity index (χ3n) is 3.28. The molecule has 0 saturated heterocycles. The molecule has 2 aromatic rings. The summed E-state index contributed by atoms with van der Waals surface area (Å²) in [5.74, 6) is -0.565. The van der Waals surface area contributed by atoms with Gasteiger partial charge in [-0.05, 0) is 43.3 Å². The van der Waals surface area contributed by atoms with Crippen molar-refractivity contribution < 1.29 is 13.2 Å². The van der Waals surface area contributed by atoms with Gasteiger partial charge in [-0.2, -0.15) is 5.10 Å². The summed E-state index contributed by atoms with van der Waals surface area (Å²) in [6, 6.07) is 12.8. The van der Waals surface area contributed by atoms with Crippen molar-refractivity contribution in [2.45, 2.75) is 25.2 Å². The summed E-state index contributed by atoms with van der Waals surface area (Å²) >= 11 is 5.78. The van der Waals surface area contributed by atoms with Crippen LogP contribution in [0.4, 0.5) is 5.69 Å². The van der Waals surface area contributed by atoms with E-state index in [9.17, 15) is 13.2 Å². The summed E-state index contributed by atoms with van der Waals surface area (Å²) < 4.78 is 25.4. The molecule has 0 amide bonds. The van der Waals surface area contributed by atoms with E-state index in [-0.39, 0.29) is 11.3 Å². The summed E-state index contributed by atoms with van der Waals surface area (Å²) in [5, 5.41) is 3.75. The number of rotatable bonds is 5. The van der Waals surface area contributed by atoms with E-state index in [0.29, 0.717) is 10.7 Å². The van der Waals surface area contributed by atoms with Gasteiger partial charge in [0.05, 0.1) is 10.6 Å². The van der Waals surface area contributed by atoms with Crippen molar-refractivity contribution in [1.29, 1.82) is 0 Å². The molecule has 2 aromatic carbocycles. The molecule has 0 spiro atoms. The van der Waals surface area contributed by atoms with Crippen molar-refractivity contribution >= 4 is 38.0 Å². The molecule has 0 heterocycles. The number of benzene rings is 2. The highest BCUT2D eigenvalue weighted by atomic mass is 35.5. The van der Waals surface area contributed by atoms with E-state index < -0.39 is 20.7 Å². The Hall–Kier alpha value is -2.18. The first-order chi connectivity index (χ1) is 11.3. The van der Waals surface area contributed by atoms with Gasteiger partial charge < -0.3 is 0 Å². The van der Waals surface area contributed by atoms with Crippen molar-refractivity contribution in [3.63, 3.8) is 0 Å². The Balaban J connectivity index is 2.40. The van der Waals surface area contributed by atoms with Crippen LogP contribution in [0.15, 0.2) is 58.5 Å². The molecule has 0 aliphatic carbocycles. The van der Waals surface area contributed by atoms with Gasteiger partial charge in [0.15, 0.2) is 5.78 Å². The number of hydrogen-bond acceptors (Lipinski definition) is 5. The molecule has 7 heteroatoms. The third-order valence-corrected chi connectivity index (χ3v) is 5.25. The second-order valence-corrected chi connectivity index (χ2v) is 7.43. The van der Waals surface area contributed by atoms with Gasteiger partial charge in [0.2, 0.25) is 14.9 Å². The zero-order valence-electron chi connectivity index (χ0n) is 13.3. The maximum Gasteiger partial charge on any atom is 0.229 e. The van der Waals surface area contributed by atoms with Gasteiger partial charge in [0, 0.05) is 11.4 Å². The molecular weight excluding hydrogens is 348 g/mol. The molecule has 5 nitrogen and oxygen atoms in total. The maximum atomic E-state index is 12.7. The van der Waals surface area contributed by atoms with Crippen LogP contribution in [0.2, 0.25) is 5.02 Å². The minimum absolute atomic E-state index is 0.0290. The molecule has 0 saturated carbocycles. The first-order valence-electron chi connectivity index (χ1n) is 7.29. The summed E-state index contributed by atoms with van der Waals surface area (Å²) in [6.07, 6.45) is 0.0290. The fraction of sp³-hybridized carbons (Fsp3) is 0.176. The Morgan fingerprint density at radius 3 is 2.21 bits per heavy atom. The molecule has 1 N–H and O–H groups in total. The van der Waals surface area contributed by atoms with Crippen LogP contribution in [0.25, 0.3) is 0 Å². The third kappa shape index (κ3) is 4.21. The molecule has 24 heavy (non-hydrogen) atoms. The Morgan fingerprint density at radius 1 is 1.08 bits per heavy atom. The molecule has 0 unspecified atom stereocenters. The number of Topliss-reactive ketones (excluding diaryl/α,β-unsaturated/α-hetero) is 1. The van der Waals surface area contributed by atoms with Gasteiger partial charge in [-0.15, -0.1) is 0 Å². The van der Waals surface area contributed by atoms with Gasteiger partial charge in [-0.1, -0.05) is 36.2 Å². The lowest BCUT2D eigenvalue weighted by Gasteiger charge is -2.08. The first-order valence-corrected chi connectivity index (χ1v) is 9.15. The smallest absolute Gasteiger partial charge is 0.229 e. The molecule has 0 aromatic heterocycles. The number of ketones is 1. The molecular formula is C17H17ClN2O3S. The van der Waals surface area contributed by atoms with Crippen molar-refractivity contribution in [3.05, 3.63) is 59.1 Å². The van der Waals surface area contributed by atoms with Crippen molar-refractivity contribution in [3.8, 4) is 0 Å². The summed E-state index contributed by atoms with van der Waals surface area (Å²) in [7, 11) is -4.03. The fourth-order valence-corrected chi connectivity index (χ4v) is 3.35. The van der Waals surface area contributed by atoms with Crippen molar-refractivity contribution in [2.24, 2.45) is 5.10 Å². The van der Waals surface area contributed by atoms with Crippen LogP contribution >= 0.6 is 11.6 Å². The number of hydrogen-bond donors (Lipinski definition) is 1. The molecule has 126 valence electrons. The Morgan fingerprint density at radius 2 is 1.67 bits per heavy atom. The molecule has 0 aliphatic rings. The van der Waals surface area contributed by atoms with Crippen molar-refractivity contribution in [2.75, 3.05) is 5.43 Å². The maximum absolute atomic E-state index is 12.7. The fourth-order valence-electron chi connectivity index (χ4n) is 1.89. The highest BCUT2D eigenvalue weighted by Gasteiger charge is 2.28. The molecule has 2 rings (SSSR count). The van der Waals surface area contributed by atoms with Crippen LogP contribution in [0.5, 0.6) is 0 Å². The lowest BCUT2D eigenvalue weighted by molar-refractivity contribution is -0.112. The zero-order chi connectivity index (χ0) is 17.7. The zero-order valence-corrected chi connectivity index (χ0v) is 14.9. The SMILES string of the molecule is CCC(=O)/C(=N\Nc1ccc(C)cc1)S(=O)(=O)c1ccc(Cl)cc1. The van der Waals surface area contributed by atoms with E-state index in [0.717, 1.165) is 5.56 Å². The van der Waals surface area contributed by atoms with Crippen LogP contribution < -0.4 is 5.43 Å². The van der Waals surface area contributed by atoms with Crippen LogP contribution in [-0.2, 0) is 14.6 Å². The first kappa shape index (κ1) is 18.2. The van der Waals surface area contributed by atoms with E-state index in [4.69, 9.17) is 11.6 Å². The predicted molar refractivity (Wildman–Crippen MR) is 96.2 cm³/mol. The summed E-state index contributed by atoms with van der Waals surface area (Å²) in [4.78, 5) is 12.1. The van der Waals surface area contributed by atoms with Crippen LogP contribution in [-0.4, -0.2) is 19.2 Å². The standard InChI is InChI=1S/C17H17ClN2O3S/c1-3-16(21)17(20-19-14-8-4-12(2)5-9-14)24(22,23)15-10-6-13(18)7-11-15/h4-11,19H,3H2,1-2H3/b20-17+. The predicted octanol–water partition coefficient (Wildman–Crippen LogP) is 3.83. The van der Waals surface area contributed by atoms with Gasteiger partial charge in [-0.3, -0.25) is 10.2 Å². The largest absolute Gasteiger partial charge is 0.292 e. The van der Waals surface area contributed by atoms with Gasteiger partial charge in [-0.25, -0.2) is 8.42 Å². The number of hydrazone groups is 1. The highest BCUT2D eigenvalue weighted by Crippen LogP contribution is 2.18. The molecule has 0 bridgehead atoms. The number of aryl methyl sites for hydroxylation is 1. The van der Waals surface area contributed by atoms with E-state index >= 15 is 0 Å². The Bertz CT molecular complexity index is 858. The number of sulfone groups is 1. The number of carbonyl (C=O) groups excluding carboxylic acids is 1. The van der Waals surface area contributed by atoms with Gasteiger partial charge in [0.1, 0.15) is 0 Å². The summed E-state index contributed by atoms with van der Waals surface area (Å²) in [5.41, 5.74) is 4.29. The van der Waals surface area contributed by atoms with Crippen LogP contribution in [0, 0.1) is 6.92 Å². The number of nitrogens with one attached hydrogen (secondary N) is 1. The second kappa shape index (κ2) is 7.59. The molecule has 0 atom stereocenters. The van der Waals surface area contributed by atoms with E-state index in [2.05, 4.69) is 10.5 Å². The van der Waals surface area contributed by atoms with E-state index in [1.807, 2.05) is 19.1 Å². The lowest BCUT2D eigenvalue weighted by Crippen LogP contribution is -2.25. The van der Waals surface area contributed by atoms with Gasteiger partial charge >= 0.3 is 0 Å². The number of carbonyl (C=O) groups is 1. The summed E-state index contributed by atoms with van der Waals surface area (Å²) in [6.45, 7) is 3.52. The average Bonchev–Trinajstić information content (AvgIpc) is 2.56. The number of anilines is 1. The number of nitrogens with zero attached hydrogens (tertiary/aromatic N) is 1. The average molecular weight is 365 g/mol. The molecule has 0 fully saturated rings. The Labute approximate surface area is 146 Å².